The van der Waals surface area contributed by atoms with E-state index in [1.54, 1.807) is 24.3 Å². The van der Waals surface area contributed by atoms with Crippen molar-refractivity contribution in [1.29, 1.82) is 0 Å². The molecule has 1 aromatic heterocycles. The Labute approximate surface area is 141 Å². The van der Waals surface area contributed by atoms with E-state index in [4.69, 9.17) is 4.74 Å². The van der Waals surface area contributed by atoms with Gasteiger partial charge in [-0.25, -0.2) is 14.0 Å². The smallest absolute Gasteiger partial charge is 0.413 e. The number of alkyl carbamates (subject to hydrolysis) is 1. The highest BCUT2D eigenvalue weighted by Crippen LogP contribution is 2.28. The van der Waals surface area contributed by atoms with Crippen LogP contribution in [0.3, 0.4) is 0 Å². The molecule has 1 N–H and O–H groups in total. The zero-order valence-electron chi connectivity index (χ0n) is 12.9. The van der Waals surface area contributed by atoms with E-state index < -0.39 is 24.1 Å². The van der Waals surface area contributed by atoms with E-state index in [9.17, 15) is 18.8 Å². The van der Waals surface area contributed by atoms with Crippen LogP contribution in [-0.2, 0) is 14.3 Å². The van der Waals surface area contributed by atoms with E-state index in [2.05, 4.69) is 4.74 Å². The molecular weight excluding hydrogens is 337 g/mol. The Hall–Kier alpha value is -2.74. The summed E-state index contributed by atoms with van der Waals surface area (Å²) in [6, 6.07) is 9.11. The van der Waals surface area contributed by atoms with E-state index in [1.807, 2.05) is 5.32 Å². The summed E-state index contributed by atoms with van der Waals surface area (Å²) in [6.45, 7) is 1.34. The summed E-state index contributed by atoms with van der Waals surface area (Å²) in [7, 11) is 1.11. The molecule has 2 aromatic rings. The van der Waals surface area contributed by atoms with Crippen LogP contribution in [0.2, 0.25) is 0 Å². The van der Waals surface area contributed by atoms with E-state index >= 15 is 0 Å². The molecule has 24 heavy (non-hydrogen) atoms. The summed E-state index contributed by atoms with van der Waals surface area (Å²) in [6.07, 6.45) is -2.09. The standard InChI is InChI=1S/C16H14FNO5S/c1-9(14(19)18-16(21)22-2)23-15(20)13-8-7-12(24-13)10-3-5-11(17)6-4-10/h3-9H,1-2H3,(H,18,19,21)/t9-/m0/s1. The van der Waals surface area contributed by atoms with Crippen molar-refractivity contribution in [2.45, 2.75) is 13.0 Å². The van der Waals surface area contributed by atoms with Crippen LogP contribution < -0.4 is 5.32 Å². The molecular formula is C16H14FNO5S. The lowest BCUT2D eigenvalue weighted by Crippen LogP contribution is -2.39. The average molecular weight is 351 g/mol. The molecule has 126 valence electrons. The molecule has 0 aliphatic carbocycles. The highest BCUT2D eigenvalue weighted by atomic mass is 32.1. The Bertz CT molecular complexity index is 756. The number of esters is 1. The third-order valence-electron chi connectivity index (χ3n) is 3.00. The average Bonchev–Trinajstić information content (AvgIpc) is 3.05. The molecule has 2 rings (SSSR count). The predicted octanol–water partition coefficient (Wildman–Crippen LogP) is 2.98. The summed E-state index contributed by atoms with van der Waals surface area (Å²) in [4.78, 5) is 35.7. The van der Waals surface area contributed by atoms with Crippen molar-refractivity contribution in [3.63, 3.8) is 0 Å². The molecule has 0 aliphatic rings. The van der Waals surface area contributed by atoms with Crippen LogP contribution in [0.25, 0.3) is 10.4 Å². The summed E-state index contributed by atoms with van der Waals surface area (Å²) in [5.74, 6) is -1.83. The number of carbonyl (C=O) groups excluding carboxylic acids is 3. The van der Waals surface area contributed by atoms with Gasteiger partial charge in [-0.3, -0.25) is 10.1 Å². The van der Waals surface area contributed by atoms with Crippen molar-refractivity contribution in [3.05, 3.63) is 47.1 Å². The topological polar surface area (TPSA) is 81.7 Å². The number of carbonyl (C=O) groups is 3. The summed E-state index contributed by atoms with van der Waals surface area (Å²) in [5.41, 5.74) is 0.761. The van der Waals surface area contributed by atoms with Gasteiger partial charge in [0, 0.05) is 4.88 Å². The summed E-state index contributed by atoms with van der Waals surface area (Å²) >= 11 is 1.15. The van der Waals surface area contributed by atoms with Crippen molar-refractivity contribution in [3.8, 4) is 10.4 Å². The molecule has 0 spiro atoms. The van der Waals surface area contributed by atoms with Crippen LogP contribution in [-0.4, -0.2) is 31.2 Å². The zero-order chi connectivity index (χ0) is 17.7. The molecule has 0 saturated heterocycles. The Kier molecular flexibility index (Phi) is 5.64. The minimum absolute atomic E-state index is 0.284. The number of ether oxygens (including phenoxy) is 2. The van der Waals surface area contributed by atoms with Gasteiger partial charge in [-0.1, -0.05) is 12.1 Å². The van der Waals surface area contributed by atoms with Crippen LogP contribution in [0.4, 0.5) is 9.18 Å². The highest BCUT2D eigenvalue weighted by Gasteiger charge is 2.22. The fraction of sp³-hybridized carbons (Fsp3) is 0.188. The van der Waals surface area contributed by atoms with Gasteiger partial charge in [0.2, 0.25) is 0 Å². The zero-order valence-corrected chi connectivity index (χ0v) is 13.7. The van der Waals surface area contributed by atoms with Crippen LogP contribution in [0.15, 0.2) is 36.4 Å². The molecule has 6 nitrogen and oxygen atoms in total. The number of hydrogen-bond acceptors (Lipinski definition) is 6. The van der Waals surface area contributed by atoms with Crippen molar-refractivity contribution >= 4 is 29.3 Å². The lowest BCUT2D eigenvalue weighted by atomic mass is 10.2. The van der Waals surface area contributed by atoms with Crippen molar-refractivity contribution in [2.75, 3.05) is 7.11 Å². The van der Waals surface area contributed by atoms with Crippen molar-refractivity contribution in [1.82, 2.24) is 5.32 Å². The summed E-state index contributed by atoms with van der Waals surface area (Å²) < 4.78 is 22.2. The molecule has 0 unspecified atom stereocenters. The first kappa shape index (κ1) is 17.6. The quantitative estimate of drug-likeness (QED) is 0.857. The van der Waals surface area contributed by atoms with Gasteiger partial charge >= 0.3 is 12.1 Å². The van der Waals surface area contributed by atoms with Gasteiger partial charge in [-0.05, 0) is 36.8 Å². The summed E-state index contributed by atoms with van der Waals surface area (Å²) in [5, 5.41) is 1.91. The molecule has 0 fully saturated rings. The second kappa shape index (κ2) is 7.69. The van der Waals surface area contributed by atoms with E-state index in [0.717, 1.165) is 28.9 Å². The molecule has 1 heterocycles. The van der Waals surface area contributed by atoms with E-state index in [1.165, 1.54) is 19.1 Å². The Morgan fingerprint density at radius 1 is 1.12 bits per heavy atom. The van der Waals surface area contributed by atoms with E-state index in [-0.39, 0.29) is 10.7 Å². The Morgan fingerprint density at radius 3 is 2.42 bits per heavy atom. The number of halogens is 1. The first-order valence-corrected chi connectivity index (χ1v) is 7.68. The maximum atomic E-state index is 12.9. The van der Waals surface area contributed by atoms with E-state index in [0.29, 0.717) is 0 Å². The lowest BCUT2D eigenvalue weighted by Gasteiger charge is -2.11. The fourth-order valence-electron chi connectivity index (χ4n) is 1.74. The van der Waals surface area contributed by atoms with Gasteiger partial charge < -0.3 is 9.47 Å². The highest BCUT2D eigenvalue weighted by molar-refractivity contribution is 7.17. The maximum absolute atomic E-state index is 12.9. The molecule has 1 aromatic carbocycles. The van der Waals surface area contributed by atoms with Gasteiger partial charge in [-0.2, -0.15) is 0 Å². The second-order valence-electron chi connectivity index (χ2n) is 4.70. The monoisotopic (exact) mass is 351 g/mol. The van der Waals surface area contributed by atoms with Crippen LogP contribution >= 0.6 is 11.3 Å². The minimum Gasteiger partial charge on any atom is -0.453 e. The molecule has 0 aliphatic heterocycles. The number of hydrogen-bond donors (Lipinski definition) is 1. The SMILES string of the molecule is COC(=O)NC(=O)[C@H](C)OC(=O)c1ccc(-c2ccc(F)cc2)s1. The third-order valence-corrected chi connectivity index (χ3v) is 4.11. The van der Waals surface area contributed by atoms with Crippen LogP contribution in [0.5, 0.6) is 0 Å². The second-order valence-corrected chi connectivity index (χ2v) is 5.78. The molecule has 0 saturated carbocycles. The lowest BCUT2D eigenvalue weighted by molar-refractivity contribution is -0.128. The van der Waals surface area contributed by atoms with Crippen molar-refractivity contribution in [2.24, 2.45) is 0 Å². The number of benzene rings is 1. The molecule has 2 amide bonds. The first-order chi connectivity index (χ1) is 11.4. The molecule has 1 atom stereocenters. The van der Waals surface area contributed by atoms with Gasteiger partial charge in [0.05, 0.1) is 7.11 Å². The van der Waals surface area contributed by atoms with Crippen LogP contribution in [0, 0.1) is 5.82 Å². The van der Waals surface area contributed by atoms with Gasteiger partial charge in [0.15, 0.2) is 6.10 Å². The predicted molar refractivity (Wildman–Crippen MR) is 85.1 cm³/mol. The molecule has 8 heteroatoms. The molecule has 0 radical (unpaired) electrons. The van der Waals surface area contributed by atoms with Crippen LogP contribution in [0.1, 0.15) is 16.6 Å². The maximum Gasteiger partial charge on any atom is 0.413 e. The molecule has 0 bridgehead atoms. The number of methoxy groups -OCH3 is 1. The number of rotatable bonds is 4. The number of nitrogens with one attached hydrogen (secondary N) is 1. The third kappa shape index (κ3) is 4.39. The first-order valence-electron chi connectivity index (χ1n) is 6.86. The Morgan fingerprint density at radius 2 is 1.79 bits per heavy atom. The van der Waals surface area contributed by atoms with Gasteiger partial charge in [-0.15, -0.1) is 11.3 Å². The normalized spacial score (nSPS) is 11.5. The number of imide groups is 1. The van der Waals surface area contributed by atoms with Gasteiger partial charge in [0.25, 0.3) is 5.91 Å². The van der Waals surface area contributed by atoms with Gasteiger partial charge in [0.1, 0.15) is 10.7 Å². The largest absolute Gasteiger partial charge is 0.453 e. The minimum atomic E-state index is -1.16. The fourth-order valence-corrected chi connectivity index (χ4v) is 2.64. The number of thiophene rings is 1. The number of amides is 2. The Balaban J connectivity index is 2.02. The van der Waals surface area contributed by atoms with Crippen molar-refractivity contribution < 1.29 is 28.2 Å².